The summed E-state index contributed by atoms with van der Waals surface area (Å²) in [5, 5.41) is 0.952. The predicted molar refractivity (Wildman–Crippen MR) is 219 cm³/mol. The van der Waals surface area contributed by atoms with Gasteiger partial charge in [0, 0.05) is 16.5 Å². The SMILES string of the molecule is C=C/C(=C\C=C/C)c1nc(-c2cccc(-c3ccc4c(c3)nc3n4-c4ccccc4C34c3ccccc3-c3ccccc34)c2)nc2c1oc1ccccc12. The van der Waals surface area contributed by atoms with Crippen LogP contribution in [0.3, 0.4) is 0 Å². The number of nitrogens with zero attached hydrogens (tertiary/aromatic N) is 4. The van der Waals surface area contributed by atoms with Gasteiger partial charge in [-0.25, -0.2) is 15.0 Å². The van der Waals surface area contributed by atoms with Crippen molar-refractivity contribution in [3.8, 4) is 39.3 Å². The number of fused-ring (bicyclic) bond motifs is 15. The Morgan fingerprint density at radius 3 is 2.19 bits per heavy atom. The van der Waals surface area contributed by atoms with E-state index in [1.807, 2.05) is 55.5 Å². The van der Waals surface area contributed by atoms with E-state index in [-0.39, 0.29) is 0 Å². The molecule has 0 radical (unpaired) electrons. The molecular formula is C49H32N4O. The van der Waals surface area contributed by atoms with E-state index in [4.69, 9.17) is 19.4 Å². The van der Waals surface area contributed by atoms with E-state index in [2.05, 4.69) is 126 Å². The maximum absolute atomic E-state index is 6.35. The molecule has 1 aliphatic carbocycles. The second-order valence-electron chi connectivity index (χ2n) is 13.9. The fourth-order valence-corrected chi connectivity index (χ4v) is 8.82. The zero-order valence-electron chi connectivity index (χ0n) is 29.5. The van der Waals surface area contributed by atoms with Crippen LogP contribution in [-0.4, -0.2) is 19.5 Å². The Morgan fingerprint density at radius 2 is 1.39 bits per heavy atom. The van der Waals surface area contributed by atoms with Gasteiger partial charge in [0.15, 0.2) is 11.4 Å². The second kappa shape index (κ2) is 11.4. The molecule has 1 aliphatic heterocycles. The highest BCUT2D eigenvalue weighted by atomic mass is 16.3. The van der Waals surface area contributed by atoms with Crippen molar-refractivity contribution in [3.05, 3.63) is 199 Å². The van der Waals surface area contributed by atoms with Crippen LogP contribution in [0.4, 0.5) is 0 Å². The fourth-order valence-electron chi connectivity index (χ4n) is 8.82. The normalized spacial score (nSPS) is 13.9. The van der Waals surface area contributed by atoms with Crippen LogP contribution >= 0.6 is 0 Å². The number of allylic oxidation sites excluding steroid dienone is 5. The van der Waals surface area contributed by atoms with Crippen LogP contribution in [0.1, 0.15) is 35.1 Å². The summed E-state index contributed by atoms with van der Waals surface area (Å²) >= 11 is 0. The van der Waals surface area contributed by atoms with Crippen molar-refractivity contribution in [2.75, 3.05) is 0 Å². The summed E-state index contributed by atoms with van der Waals surface area (Å²) in [5.41, 5.74) is 15.9. The molecule has 0 saturated heterocycles. The first kappa shape index (κ1) is 30.5. The van der Waals surface area contributed by atoms with E-state index in [0.717, 1.165) is 55.6 Å². The molecule has 3 aromatic heterocycles. The lowest BCUT2D eigenvalue weighted by molar-refractivity contribution is 0.664. The smallest absolute Gasteiger partial charge is 0.180 e. The van der Waals surface area contributed by atoms with Gasteiger partial charge < -0.3 is 4.42 Å². The molecule has 0 atom stereocenters. The first-order chi connectivity index (χ1) is 26.7. The predicted octanol–water partition coefficient (Wildman–Crippen LogP) is 11.9. The first-order valence-corrected chi connectivity index (χ1v) is 18.3. The molecule has 4 heterocycles. The van der Waals surface area contributed by atoms with Gasteiger partial charge in [-0.2, -0.15) is 0 Å². The molecule has 0 amide bonds. The highest BCUT2D eigenvalue weighted by molar-refractivity contribution is 6.06. The summed E-state index contributed by atoms with van der Waals surface area (Å²) in [5.74, 6) is 1.66. The van der Waals surface area contributed by atoms with Gasteiger partial charge in [0.25, 0.3) is 0 Å². The topological polar surface area (TPSA) is 56.7 Å². The number of hydrogen-bond acceptors (Lipinski definition) is 4. The largest absolute Gasteiger partial charge is 0.452 e. The number of benzene rings is 6. The van der Waals surface area contributed by atoms with Crippen LogP contribution in [0, 0.1) is 0 Å². The van der Waals surface area contributed by atoms with Gasteiger partial charge in [-0.15, -0.1) is 0 Å². The number of hydrogen-bond donors (Lipinski definition) is 0. The molecule has 54 heavy (non-hydrogen) atoms. The fraction of sp³-hybridized carbons (Fsp3) is 0.0408. The lowest BCUT2D eigenvalue weighted by atomic mass is 9.73. The van der Waals surface area contributed by atoms with Gasteiger partial charge in [-0.05, 0) is 82.3 Å². The van der Waals surface area contributed by atoms with Crippen LogP contribution in [0.15, 0.2) is 175 Å². The van der Waals surface area contributed by atoms with E-state index < -0.39 is 5.41 Å². The molecule has 5 heteroatoms. The molecular weight excluding hydrogens is 661 g/mol. The van der Waals surface area contributed by atoms with Crippen LogP contribution in [0.25, 0.3) is 78.0 Å². The van der Waals surface area contributed by atoms with Crippen molar-refractivity contribution in [1.29, 1.82) is 0 Å². The number of furan rings is 1. The Labute approximate surface area is 311 Å². The summed E-state index contributed by atoms with van der Waals surface area (Å²) in [6.45, 7) is 6.09. The molecule has 0 unspecified atom stereocenters. The number of para-hydroxylation sites is 2. The van der Waals surface area contributed by atoms with E-state index in [9.17, 15) is 0 Å². The average Bonchev–Trinajstić information content (AvgIpc) is 3.96. The van der Waals surface area contributed by atoms with Gasteiger partial charge >= 0.3 is 0 Å². The van der Waals surface area contributed by atoms with Crippen LogP contribution in [0.2, 0.25) is 0 Å². The van der Waals surface area contributed by atoms with E-state index in [1.54, 1.807) is 0 Å². The van der Waals surface area contributed by atoms with Crippen LogP contribution in [0.5, 0.6) is 0 Å². The number of aromatic nitrogens is 4. The minimum atomic E-state index is -0.501. The molecule has 0 saturated carbocycles. The average molecular weight is 693 g/mol. The van der Waals surface area contributed by atoms with E-state index in [0.29, 0.717) is 17.1 Å². The molecule has 1 spiro atoms. The van der Waals surface area contributed by atoms with Gasteiger partial charge in [0.2, 0.25) is 0 Å². The lowest BCUT2D eigenvalue weighted by Gasteiger charge is -2.27. The van der Waals surface area contributed by atoms with Crippen LogP contribution in [-0.2, 0) is 5.41 Å². The van der Waals surface area contributed by atoms with Gasteiger partial charge in [-0.1, -0.05) is 134 Å². The molecule has 11 rings (SSSR count). The van der Waals surface area contributed by atoms with Gasteiger partial charge in [0.05, 0.1) is 16.7 Å². The number of imidazole rings is 1. The summed E-state index contributed by atoms with van der Waals surface area (Å²) in [7, 11) is 0. The Bertz CT molecular complexity index is 3060. The highest BCUT2D eigenvalue weighted by Gasteiger charge is 2.54. The minimum absolute atomic E-state index is 0.501. The third kappa shape index (κ3) is 4.06. The zero-order valence-corrected chi connectivity index (χ0v) is 29.5. The summed E-state index contributed by atoms with van der Waals surface area (Å²) in [6.07, 6.45) is 7.80. The van der Waals surface area contributed by atoms with Crippen molar-refractivity contribution >= 4 is 38.7 Å². The molecule has 0 bridgehead atoms. The van der Waals surface area contributed by atoms with E-state index in [1.165, 1.54) is 33.5 Å². The molecule has 9 aromatic rings. The van der Waals surface area contributed by atoms with Crippen molar-refractivity contribution in [2.24, 2.45) is 0 Å². The monoisotopic (exact) mass is 692 g/mol. The summed E-state index contributed by atoms with van der Waals surface area (Å²) in [6, 6.07) is 49.5. The zero-order chi connectivity index (χ0) is 36.0. The minimum Gasteiger partial charge on any atom is -0.452 e. The number of rotatable bonds is 5. The Kier molecular flexibility index (Phi) is 6.47. The molecule has 5 nitrogen and oxygen atoms in total. The molecule has 0 N–H and O–H groups in total. The van der Waals surface area contributed by atoms with E-state index >= 15 is 0 Å². The second-order valence-corrected chi connectivity index (χ2v) is 13.9. The third-order valence-electron chi connectivity index (χ3n) is 11.1. The van der Waals surface area contributed by atoms with Crippen LogP contribution < -0.4 is 0 Å². The van der Waals surface area contributed by atoms with Crippen molar-refractivity contribution < 1.29 is 4.42 Å². The van der Waals surface area contributed by atoms with Crippen molar-refractivity contribution in [3.63, 3.8) is 0 Å². The van der Waals surface area contributed by atoms with Gasteiger partial charge in [-0.3, -0.25) is 4.57 Å². The van der Waals surface area contributed by atoms with Crippen molar-refractivity contribution in [2.45, 2.75) is 12.3 Å². The maximum atomic E-state index is 6.35. The Balaban J connectivity index is 1.08. The van der Waals surface area contributed by atoms with Gasteiger partial charge in [0.1, 0.15) is 28.0 Å². The Morgan fingerprint density at radius 1 is 0.685 bits per heavy atom. The third-order valence-corrected chi connectivity index (χ3v) is 11.1. The highest BCUT2D eigenvalue weighted by Crippen LogP contribution is 2.60. The molecule has 0 fully saturated rings. The summed E-state index contributed by atoms with van der Waals surface area (Å²) < 4.78 is 8.72. The molecule has 254 valence electrons. The summed E-state index contributed by atoms with van der Waals surface area (Å²) in [4.78, 5) is 15.8. The lowest BCUT2D eigenvalue weighted by Crippen LogP contribution is -2.27. The Hall–Kier alpha value is -7.11. The van der Waals surface area contributed by atoms with Crippen molar-refractivity contribution in [1.82, 2.24) is 19.5 Å². The standard InChI is InChI=1S/C49H32N4O/c1-3-5-15-30(4-2)44-46-45(36-20-8-13-25-43(36)54-46)52-47(51-44)33-17-14-16-31(28-33)32-26-27-42-40(29-32)50-48-49(39-23-11-12-24-41(39)53(42)48)37-21-9-6-18-34(37)35-19-7-10-22-38(35)49/h3-29H,2H2,1H3/b5-3-,30-15+. The maximum Gasteiger partial charge on any atom is 0.180 e. The first-order valence-electron chi connectivity index (χ1n) is 18.3. The molecule has 2 aliphatic rings. The molecule has 6 aromatic carbocycles. The quantitative estimate of drug-likeness (QED) is 0.169.